The van der Waals surface area contributed by atoms with Crippen LogP contribution in [0.5, 0.6) is 0 Å². The van der Waals surface area contributed by atoms with E-state index in [2.05, 4.69) is 10.6 Å². The number of halogens is 3. The van der Waals surface area contributed by atoms with E-state index in [9.17, 15) is 22.8 Å². The van der Waals surface area contributed by atoms with Gasteiger partial charge in [-0.15, -0.1) is 0 Å². The molecule has 1 amide bonds. The molecule has 1 aliphatic heterocycles. The lowest BCUT2D eigenvalue weighted by molar-refractivity contribution is -0.138. The van der Waals surface area contributed by atoms with Crippen LogP contribution in [0.3, 0.4) is 0 Å². The highest BCUT2D eigenvalue weighted by Crippen LogP contribution is 2.50. The number of nitrogens with one attached hydrogen (secondary N) is 2. The Morgan fingerprint density at radius 3 is 2.71 bits per heavy atom. The van der Waals surface area contributed by atoms with Crippen LogP contribution in [-0.4, -0.2) is 23.5 Å². The van der Waals surface area contributed by atoms with Crippen LogP contribution in [0.25, 0.3) is 0 Å². The van der Waals surface area contributed by atoms with E-state index in [1.807, 2.05) is 12.2 Å². The van der Waals surface area contributed by atoms with Gasteiger partial charge in [0, 0.05) is 23.7 Å². The Hall–Kier alpha value is -3.29. The van der Waals surface area contributed by atoms with Gasteiger partial charge in [0.1, 0.15) is 0 Å². The molecule has 162 valence electrons. The van der Waals surface area contributed by atoms with E-state index < -0.39 is 17.7 Å². The van der Waals surface area contributed by atoms with Crippen LogP contribution in [0, 0.1) is 5.92 Å². The van der Waals surface area contributed by atoms with Crippen LogP contribution in [0.15, 0.2) is 54.6 Å². The molecule has 5 nitrogen and oxygen atoms in total. The SMILES string of the molecule is O=C(O)CCNC(=O)c1ccc2c(c1)C1C=CCC1C(c1cccc(C(F)(F)F)c1)N2. The average molecular weight is 430 g/mol. The topological polar surface area (TPSA) is 78.4 Å². The molecule has 0 saturated carbocycles. The first-order chi connectivity index (χ1) is 14.7. The highest BCUT2D eigenvalue weighted by Gasteiger charge is 2.39. The largest absolute Gasteiger partial charge is 0.481 e. The third-order valence-electron chi connectivity index (χ3n) is 5.82. The molecule has 1 aliphatic carbocycles. The zero-order valence-corrected chi connectivity index (χ0v) is 16.4. The number of anilines is 1. The molecule has 31 heavy (non-hydrogen) atoms. The Balaban J connectivity index is 1.61. The number of hydrogen-bond donors (Lipinski definition) is 3. The third-order valence-corrected chi connectivity index (χ3v) is 5.82. The molecule has 3 unspecified atom stereocenters. The van der Waals surface area contributed by atoms with Gasteiger partial charge in [0.15, 0.2) is 0 Å². The van der Waals surface area contributed by atoms with E-state index in [0.29, 0.717) is 17.5 Å². The standard InChI is InChI=1S/C23H21F3N2O3/c24-23(25,26)15-4-1-3-13(11-15)21-17-6-2-5-16(17)18-12-14(7-8-19(18)28-21)22(31)27-10-9-20(29)30/h1-5,7-8,11-12,16-17,21,28H,6,9-10H2,(H,27,31)(H,29,30). The minimum Gasteiger partial charge on any atom is -0.481 e. The van der Waals surface area contributed by atoms with Crippen molar-refractivity contribution in [3.63, 3.8) is 0 Å². The first kappa shape index (κ1) is 21.0. The van der Waals surface area contributed by atoms with Crippen molar-refractivity contribution in [2.75, 3.05) is 11.9 Å². The summed E-state index contributed by atoms with van der Waals surface area (Å²) in [5.41, 5.74) is 2.01. The van der Waals surface area contributed by atoms with Crippen LogP contribution in [0.2, 0.25) is 0 Å². The Kier molecular flexibility index (Phi) is 5.47. The summed E-state index contributed by atoms with van der Waals surface area (Å²) in [6.07, 6.45) is 0.208. The molecule has 3 N–H and O–H groups in total. The Labute approximate surface area is 177 Å². The van der Waals surface area contributed by atoms with Gasteiger partial charge in [-0.05, 0) is 53.8 Å². The summed E-state index contributed by atoms with van der Waals surface area (Å²) < 4.78 is 39.6. The number of fused-ring (bicyclic) bond motifs is 3. The molecule has 0 bridgehead atoms. The Bertz CT molecular complexity index is 1050. The van der Waals surface area contributed by atoms with Gasteiger partial charge < -0.3 is 15.7 Å². The fraction of sp³-hybridized carbons (Fsp3) is 0.304. The molecule has 0 saturated heterocycles. The number of hydrogen-bond acceptors (Lipinski definition) is 3. The van der Waals surface area contributed by atoms with Gasteiger partial charge in [0.05, 0.1) is 18.0 Å². The monoisotopic (exact) mass is 430 g/mol. The highest BCUT2D eigenvalue weighted by atomic mass is 19.4. The number of alkyl halides is 3. The molecule has 2 aliphatic rings. The molecule has 1 heterocycles. The fourth-order valence-electron chi connectivity index (χ4n) is 4.36. The number of carboxylic acid groups (broad SMARTS) is 1. The maximum absolute atomic E-state index is 13.2. The van der Waals surface area contributed by atoms with Gasteiger partial charge in [0.2, 0.25) is 0 Å². The van der Waals surface area contributed by atoms with Crippen molar-refractivity contribution in [2.45, 2.75) is 31.0 Å². The lowest BCUT2D eigenvalue weighted by Crippen LogP contribution is -2.30. The van der Waals surface area contributed by atoms with Crippen molar-refractivity contribution in [1.29, 1.82) is 0 Å². The molecular formula is C23H21F3N2O3. The quantitative estimate of drug-likeness (QED) is 0.599. The molecule has 2 aromatic carbocycles. The lowest BCUT2D eigenvalue weighted by Gasteiger charge is -2.38. The molecule has 4 rings (SSSR count). The van der Waals surface area contributed by atoms with Gasteiger partial charge in [-0.3, -0.25) is 9.59 Å². The van der Waals surface area contributed by atoms with Gasteiger partial charge in [-0.25, -0.2) is 0 Å². The van der Waals surface area contributed by atoms with Gasteiger partial charge in [-0.2, -0.15) is 13.2 Å². The Morgan fingerprint density at radius 1 is 1.16 bits per heavy atom. The predicted molar refractivity (Wildman–Crippen MR) is 109 cm³/mol. The van der Waals surface area contributed by atoms with E-state index in [0.717, 1.165) is 17.3 Å². The molecule has 2 aromatic rings. The molecule has 0 aromatic heterocycles. The van der Waals surface area contributed by atoms with Gasteiger partial charge >= 0.3 is 12.1 Å². The maximum Gasteiger partial charge on any atom is 0.416 e. The summed E-state index contributed by atoms with van der Waals surface area (Å²) in [6.45, 7) is 0.0348. The second-order valence-electron chi connectivity index (χ2n) is 7.80. The van der Waals surface area contributed by atoms with Gasteiger partial charge in [0.25, 0.3) is 5.91 Å². The fourth-order valence-corrected chi connectivity index (χ4v) is 4.36. The van der Waals surface area contributed by atoms with Crippen molar-refractivity contribution in [3.05, 3.63) is 76.9 Å². The highest BCUT2D eigenvalue weighted by molar-refractivity contribution is 5.95. The first-order valence-corrected chi connectivity index (χ1v) is 9.98. The van der Waals surface area contributed by atoms with Crippen molar-refractivity contribution in [3.8, 4) is 0 Å². The third kappa shape index (κ3) is 4.28. The molecule has 0 fully saturated rings. The summed E-state index contributed by atoms with van der Waals surface area (Å²) in [5.74, 6) is -1.35. The van der Waals surface area contributed by atoms with E-state index in [-0.39, 0.29) is 36.8 Å². The zero-order valence-electron chi connectivity index (χ0n) is 16.4. The number of amides is 1. The summed E-state index contributed by atoms with van der Waals surface area (Å²) >= 11 is 0. The normalized spacial score (nSPS) is 21.7. The maximum atomic E-state index is 13.2. The number of carbonyl (C=O) groups is 2. The summed E-state index contributed by atoms with van der Waals surface area (Å²) in [7, 11) is 0. The number of benzene rings is 2. The van der Waals surface area contributed by atoms with Crippen LogP contribution in [0.4, 0.5) is 18.9 Å². The number of aliphatic carboxylic acids is 1. The van der Waals surface area contributed by atoms with E-state index in [4.69, 9.17) is 5.11 Å². The van der Waals surface area contributed by atoms with Crippen LogP contribution in [0.1, 0.15) is 51.8 Å². The molecule has 0 spiro atoms. The number of allylic oxidation sites excluding steroid dienone is 2. The van der Waals surface area contributed by atoms with Crippen molar-refractivity contribution >= 4 is 17.6 Å². The minimum atomic E-state index is -4.40. The second kappa shape index (κ2) is 8.09. The zero-order chi connectivity index (χ0) is 22.2. The van der Waals surface area contributed by atoms with E-state index in [1.54, 1.807) is 24.3 Å². The summed E-state index contributed by atoms with van der Waals surface area (Å²) in [6, 6.07) is 10.3. The number of carbonyl (C=O) groups excluding carboxylic acids is 1. The second-order valence-corrected chi connectivity index (χ2v) is 7.80. The first-order valence-electron chi connectivity index (χ1n) is 9.98. The van der Waals surface area contributed by atoms with Crippen molar-refractivity contribution < 1.29 is 27.9 Å². The van der Waals surface area contributed by atoms with Crippen LogP contribution >= 0.6 is 0 Å². The minimum absolute atomic E-state index is 0.0254. The Morgan fingerprint density at radius 2 is 1.97 bits per heavy atom. The van der Waals surface area contributed by atoms with Gasteiger partial charge in [-0.1, -0.05) is 24.3 Å². The predicted octanol–water partition coefficient (Wildman–Crippen LogP) is 4.74. The molecule has 8 heteroatoms. The molecule has 0 radical (unpaired) electrons. The van der Waals surface area contributed by atoms with Crippen LogP contribution < -0.4 is 10.6 Å². The average Bonchev–Trinajstić information content (AvgIpc) is 3.22. The molecular weight excluding hydrogens is 409 g/mol. The van der Waals surface area contributed by atoms with Crippen molar-refractivity contribution in [1.82, 2.24) is 5.32 Å². The smallest absolute Gasteiger partial charge is 0.416 e. The van der Waals surface area contributed by atoms with E-state index in [1.165, 1.54) is 12.1 Å². The summed E-state index contributed by atoms with van der Waals surface area (Å²) in [4.78, 5) is 23.0. The lowest BCUT2D eigenvalue weighted by atomic mass is 9.76. The summed E-state index contributed by atoms with van der Waals surface area (Å²) in [5, 5.41) is 14.7. The van der Waals surface area contributed by atoms with Crippen LogP contribution in [-0.2, 0) is 11.0 Å². The number of rotatable bonds is 5. The molecule has 3 atom stereocenters. The van der Waals surface area contributed by atoms with Crippen molar-refractivity contribution in [2.24, 2.45) is 5.92 Å². The number of carboxylic acids is 1. The van der Waals surface area contributed by atoms with E-state index >= 15 is 0 Å².